The van der Waals surface area contributed by atoms with Crippen LogP contribution in [-0.4, -0.2) is 24.1 Å². The van der Waals surface area contributed by atoms with Crippen molar-refractivity contribution in [3.63, 3.8) is 0 Å². The highest BCUT2D eigenvalue weighted by atomic mass is 35.5. The maximum atomic E-state index is 5.56. The number of rotatable bonds is 3. The maximum Gasteiger partial charge on any atom is 0.295 e. The Kier molecular flexibility index (Phi) is 2.49. The number of nitrogens with zero attached hydrogens (tertiary/aromatic N) is 2. The monoisotopic (exact) mass is 199 g/mol. The molecule has 0 aliphatic carbocycles. The van der Waals surface area contributed by atoms with Crippen LogP contribution in [0.4, 0.5) is 11.6 Å². The Morgan fingerprint density at radius 3 is 3.38 bits per heavy atom. The molecule has 0 aromatic carbocycles. The fourth-order valence-corrected chi connectivity index (χ4v) is 1.44. The Hall–Kier alpha value is -1.03. The lowest BCUT2D eigenvalue weighted by atomic mass is 10.5. The van der Waals surface area contributed by atoms with E-state index in [2.05, 4.69) is 15.7 Å². The normalized spacial score (nSPS) is 13.6. The fraction of sp³-hybridized carbons (Fsp3) is 0.500. The standard InChI is InChI=1S/C8H11ClN4/c9-3-4-10-7-1-2-8-11-5-6-13(8)12-7/h1-2H,3-6H2,(H,10,12)/p+1. The predicted octanol–water partition coefficient (Wildman–Crippen LogP) is 0.445. The minimum absolute atomic E-state index is 0.599. The summed E-state index contributed by atoms with van der Waals surface area (Å²) in [6.45, 7) is 2.65. The molecule has 2 N–H and O–H groups in total. The zero-order valence-electron chi connectivity index (χ0n) is 7.26. The lowest BCUT2D eigenvalue weighted by molar-refractivity contribution is -0.728. The number of halogens is 1. The Morgan fingerprint density at radius 2 is 2.54 bits per heavy atom. The van der Waals surface area contributed by atoms with Crippen LogP contribution in [0, 0.1) is 0 Å². The molecular weight excluding hydrogens is 188 g/mol. The molecule has 0 bridgehead atoms. The van der Waals surface area contributed by atoms with Gasteiger partial charge in [-0.2, -0.15) is 0 Å². The molecule has 2 rings (SSSR count). The van der Waals surface area contributed by atoms with Crippen LogP contribution < -0.4 is 15.3 Å². The molecule has 1 aromatic heterocycles. The van der Waals surface area contributed by atoms with Crippen LogP contribution in [0.25, 0.3) is 0 Å². The smallest absolute Gasteiger partial charge is 0.295 e. The fourth-order valence-electron chi connectivity index (χ4n) is 1.34. The molecule has 0 radical (unpaired) electrons. The highest BCUT2D eigenvalue weighted by Gasteiger charge is 2.17. The van der Waals surface area contributed by atoms with E-state index >= 15 is 0 Å². The van der Waals surface area contributed by atoms with Crippen LogP contribution in [0.15, 0.2) is 12.1 Å². The largest absolute Gasteiger partial charge is 0.366 e. The minimum Gasteiger partial charge on any atom is -0.366 e. The summed E-state index contributed by atoms with van der Waals surface area (Å²) < 4.78 is 1.95. The average Bonchev–Trinajstić information content (AvgIpc) is 2.61. The van der Waals surface area contributed by atoms with E-state index in [1.54, 1.807) is 0 Å². The van der Waals surface area contributed by atoms with Gasteiger partial charge in [-0.1, -0.05) is 5.10 Å². The van der Waals surface area contributed by atoms with Crippen molar-refractivity contribution in [3.05, 3.63) is 12.1 Å². The van der Waals surface area contributed by atoms with Crippen LogP contribution in [0.5, 0.6) is 0 Å². The molecule has 0 fully saturated rings. The second kappa shape index (κ2) is 3.79. The van der Waals surface area contributed by atoms with Crippen LogP contribution in [-0.2, 0) is 6.54 Å². The van der Waals surface area contributed by atoms with E-state index < -0.39 is 0 Å². The van der Waals surface area contributed by atoms with Gasteiger partial charge in [0, 0.05) is 18.5 Å². The molecule has 0 atom stereocenters. The Bertz CT molecular complexity index is 302. The van der Waals surface area contributed by atoms with Gasteiger partial charge >= 0.3 is 0 Å². The van der Waals surface area contributed by atoms with Gasteiger partial charge in [-0.15, -0.1) is 16.3 Å². The third-order valence-corrected chi connectivity index (χ3v) is 2.12. The summed E-state index contributed by atoms with van der Waals surface area (Å²) in [6.07, 6.45) is 0. The molecule has 13 heavy (non-hydrogen) atoms. The van der Waals surface area contributed by atoms with E-state index in [1.165, 1.54) is 0 Å². The van der Waals surface area contributed by atoms with Crippen molar-refractivity contribution < 1.29 is 4.68 Å². The molecule has 0 saturated carbocycles. The molecule has 4 nitrogen and oxygen atoms in total. The van der Waals surface area contributed by atoms with E-state index in [1.807, 2.05) is 16.8 Å². The van der Waals surface area contributed by atoms with Crippen LogP contribution >= 0.6 is 11.6 Å². The lowest BCUT2D eigenvalue weighted by Crippen LogP contribution is -2.36. The van der Waals surface area contributed by atoms with Crippen molar-refractivity contribution in [2.75, 3.05) is 29.6 Å². The predicted molar refractivity (Wildman–Crippen MR) is 52.1 cm³/mol. The first-order valence-corrected chi connectivity index (χ1v) is 4.88. The molecule has 0 saturated heterocycles. The van der Waals surface area contributed by atoms with Crippen molar-refractivity contribution >= 4 is 23.2 Å². The SMILES string of the molecule is ClCCNc1ccc2[n+](n1)CCN2. The van der Waals surface area contributed by atoms with Crippen molar-refractivity contribution in [1.29, 1.82) is 0 Å². The number of hydrogen-bond acceptors (Lipinski definition) is 3. The van der Waals surface area contributed by atoms with Gasteiger partial charge in [0.1, 0.15) is 6.54 Å². The van der Waals surface area contributed by atoms with E-state index in [0.717, 1.165) is 31.3 Å². The van der Waals surface area contributed by atoms with Gasteiger partial charge in [-0.3, -0.25) is 5.32 Å². The van der Waals surface area contributed by atoms with Gasteiger partial charge < -0.3 is 5.32 Å². The summed E-state index contributed by atoms with van der Waals surface area (Å²) >= 11 is 5.56. The summed E-state index contributed by atoms with van der Waals surface area (Å²) in [4.78, 5) is 0. The molecule has 1 aliphatic rings. The second-order valence-electron chi connectivity index (χ2n) is 2.87. The Labute approximate surface area is 81.9 Å². The van der Waals surface area contributed by atoms with Crippen molar-refractivity contribution in [2.24, 2.45) is 0 Å². The first-order valence-electron chi connectivity index (χ1n) is 4.35. The molecule has 5 heteroatoms. The number of anilines is 2. The van der Waals surface area contributed by atoms with Gasteiger partial charge in [-0.05, 0) is 6.07 Å². The lowest BCUT2D eigenvalue weighted by Gasteiger charge is -2.01. The molecule has 2 heterocycles. The molecule has 0 spiro atoms. The summed E-state index contributed by atoms with van der Waals surface area (Å²) in [5.41, 5.74) is 0. The zero-order valence-corrected chi connectivity index (χ0v) is 8.01. The van der Waals surface area contributed by atoms with Crippen molar-refractivity contribution in [2.45, 2.75) is 6.54 Å². The van der Waals surface area contributed by atoms with Crippen LogP contribution in [0.2, 0.25) is 0 Å². The summed E-state index contributed by atoms with van der Waals surface area (Å²) in [5, 5.41) is 10.7. The Balaban J connectivity index is 2.12. The quantitative estimate of drug-likeness (QED) is 0.549. The summed E-state index contributed by atoms with van der Waals surface area (Å²) in [7, 11) is 0. The molecule has 1 aromatic rings. The number of alkyl halides is 1. The topological polar surface area (TPSA) is 40.8 Å². The van der Waals surface area contributed by atoms with Crippen LogP contribution in [0.3, 0.4) is 0 Å². The van der Waals surface area contributed by atoms with Gasteiger partial charge in [0.2, 0.25) is 0 Å². The number of hydrogen-bond donors (Lipinski definition) is 2. The van der Waals surface area contributed by atoms with E-state index in [0.29, 0.717) is 5.88 Å². The summed E-state index contributed by atoms with van der Waals surface area (Å²) in [5.74, 6) is 2.56. The van der Waals surface area contributed by atoms with E-state index in [4.69, 9.17) is 11.6 Å². The molecule has 70 valence electrons. The molecular formula is C8H12ClN4+. The second-order valence-corrected chi connectivity index (χ2v) is 3.25. The number of nitrogens with one attached hydrogen (secondary N) is 2. The highest BCUT2D eigenvalue weighted by Crippen LogP contribution is 2.06. The third-order valence-electron chi connectivity index (χ3n) is 1.94. The average molecular weight is 200 g/mol. The first kappa shape index (κ1) is 8.56. The number of fused-ring (bicyclic) bond motifs is 1. The number of aromatic nitrogens is 2. The van der Waals surface area contributed by atoms with E-state index in [9.17, 15) is 0 Å². The van der Waals surface area contributed by atoms with Crippen molar-refractivity contribution in [1.82, 2.24) is 5.10 Å². The minimum atomic E-state index is 0.599. The highest BCUT2D eigenvalue weighted by molar-refractivity contribution is 6.18. The molecule has 0 amide bonds. The van der Waals surface area contributed by atoms with Gasteiger partial charge in [0.15, 0.2) is 12.4 Å². The zero-order chi connectivity index (χ0) is 9.10. The molecule has 1 aliphatic heterocycles. The van der Waals surface area contributed by atoms with Gasteiger partial charge in [0.25, 0.3) is 5.82 Å². The van der Waals surface area contributed by atoms with Gasteiger partial charge in [0.05, 0.1) is 0 Å². The van der Waals surface area contributed by atoms with E-state index in [-0.39, 0.29) is 0 Å². The maximum absolute atomic E-state index is 5.56. The van der Waals surface area contributed by atoms with Crippen LogP contribution in [0.1, 0.15) is 0 Å². The third kappa shape index (κ3) is 1.83. The van der Waals surface area contributed by atoms with Crippen molar-refractivity contribution in [3.8, 4) is 0 Å². The Morgan fingerprint density at radius 1 is 1.62 bits per heavy atom. The molecule has 0 unspecified atom stereocenters. The summed E-state index contributed by atoms with van der Waals surface area (Å²) in [6, 6.07) is 3.98. The van der Waals surface area contributed by atoms with Gasteiger partial charge in [-0.25, -0.2) is 0 Å². The first-order chi connectivity index (χ1) is 6.40.